The second kappa shape index (κ2) is 13.0. The van der Waals surface area contributed by atoms with Gasteiger partial charge < -0.3 is 9.80 Å². The van der Waals surface area contributed by atoms with E-state index in [2.05, 4.69) is 207 Å². The van der Waals surface area contributed by atoms with Crippen molar-refractivity contribution < 1.29 is 0 Å². The first-order valence-electron chi connectivity index (χ1n) is 21.7. The van der Waals surface area contributed by atoms with Crippen molar-refractivity contribution in [2.24, 2.45) is 0 Å². The van der Waals surface area contributed by atoms with Crippen molar-refractivity contribution in [1.29, 1.82) is 0 Å². The van der Waals surface area contributed by atoms with Crippen LogP contribution in [0.1, 0.15) is 110 Å². The van der Waals surface area contributed by atoms with Gasteiger partial charge in [-0.3, -0.25) is 0 Å². The summed E-state index contributed by atoms with van der Waals surface area (Å²) in [7, 11) is 0. The molecule has 0 saturated carbocycles. The van der Waals surface area contributed by atoms with Crippen molar-refractivity contribution in [3.63, 3.8) is 0 Å². The molecule has 4 heteroatoms. The van der Waals surface area contributed by atoms with Crippen LogP contribution in [0.5, 0.6) is 0 Å². The van der Waals surface area contributed by atoms with Gasteiger partial charge in [0.1, 0.15) is 0 Å². The topological polar surface area (TPSA) is 6.48 Å². The molecule has 59 heavy (non-hydrogen) atoms. The van der Waals surface area contributed by atoms with Crippen LogP contribution < -0.4 is 26.2 Å². The maximum atomic E-state index is 2.67. The summed E-state index contributed by atoms with van der Waals surface area (Å²) in [6.07, 6.45) is 2.37. The Morgan fingerprint density at radius 3 is 1.81 bits per heavy atom. The Morgan fingerprint density at radius 2 is 1.15 bits per heavy atom. The molecule has 296 valence electrons. The molecular weight excluding hydrogens is 731 g/mol. The zero-order valence-electron chi connectivity index (χ0n) is 36.8. The second-order valence-corrected chi connectivity index (χ2v) is 22.0. The number of benzene rings is 6. The van der Waals surface area contributed by atoms with Gasteiger partial charge in [-0.05, 0) is 145 Å². The maximum Gasteiger partial charge on any atom is 0.254 e. The number of fused-ring (bicyclic) bond motifs is 7. The number of thiophene rings is 1. The molecule has 6 aromatic carbocycles. The molecule has 3 heterocycles. The first-order chi connectivity index (χ1) is 27.9. The monoisotopic (exact) mass is 788 g/mol. The summed E-state index contributed by atoms with van der Waals surface area (Å²) < 4.78 is 1.34. The highest BCUT2D eigenvalue weighted by Crippen LogP contribution is 2.53. The molecule has 0 N–H and O–H groups in total. The van der Waals surface area contributed by atoms with Gasteiger partial charge in [0.2, 0.25) is 0 Å². The van der Waals surface area contributed by atoms with Gasteiger partial charge in [0, 0.05) is 33.0 Å². The zero-order chi connectivity index (χ0) is 41.4. The van der Waals surface area contributed by atoms with Crippen LogP contribution in [0.2, 0.25) is 0 Å². The molecule has 0 bridgehead atoms. The number of rotatable bonds is 3. The van der Waals surface area contributed by atoms with E-state index in [1.807, 2.05) is 11.3 Å². The van der Waals surface area contributed by atoms with Gasteiger partial charge >= 0.3 is 0 Å². The van der Waals surface area contributed by atoms with Crippen molar-refractivity contribution >= 4 is 78.0 Å². The molecule has 10 rings (SSSR count). The second-order valence-electron chi connectivity index (χ2n) is 21.0. The van der Waals surface area contributed by atoms with E-state index in [1.165, 1.54) is 112 Å². The minimum absolute atomic E-state index is 0.00849. The summed E-state index contributed by atoms with van der Waals surface area (Å²) in [5, 5.41) is 2.69. The molecule has 1 aromatic heterocycles. The predicted molar refractivity (Wildman–Crippen MR) is 259 cm³/mol. The Balaban J connectivity index is 1.33. The Hall–Kier alpha value is -5.06. The quantitative estimate of drug-likeness (QED) is 0.165. The fraction of sp³-hybridized carbons (Fsp3) is 0.309. The molecule has 0 saturated heterocycles. The molecule has 0 amide bonds. The minimum Gasteiger partial charge on any atom is -0.311 e. The van der Waals surface area contributed by atoms with Crippen LogP contribution in [-0.2, 0) is 21.7 Å². The fourth-order valence-corrected chi connectivity index (χ4v) is 11.6. The molecule has 2 aliphatic heterocycles. The van der Waals surface area contributed by atoms with Gasteiger partial charge in [-0.2, -0.15) is 0 Å². The van der Waals surface area contributed by atoms with E-state index >= 15 is 0 Å². The van der Waals surface area contributed by atoms with Crippen LogP contribution in [0.3, 0.4) is 0 Å². The van der Waals surface area contributed by atoms with E-state index < -0.39 is 0 Å². The molecule has 0 radical (unpaired) electrons. The number of nitrogens with zero attached hydrogens (tertiary/aromatic N) is 2. The molecule has 0 fully saturated rings. The number of hydrogen-bond donors (Lipinski definition) is 0. The zero-order valence-corrected chi connectivity index (χ0v) is 37.7. The SMILES string of the molecule is Cc1cc2c3c(c1)N(c1ccc(C(C)(C)C)cc1-c1ccccc1)c1sc4ccccc4c1B3c1cc3c(cc1N2c1ccc(C(C)(C)C)cc1)C(C)(C)CCC3(C)C. The first-order valence-corrected chi connectivity index (χ1v) is 22.5. The van der Waals surface area contributed by atoms with E-state index in [-0.39, 0.29) is 28.4 Å². The summed E-state index contributed by atoms with van der Waals surface area (Å²) >= 11 is 1.95. The highest BCUT2D eigenvalue weighted by molar-refractivity contribution is 7.26. The van der Waals surface area contributed by atoms with E-state index in [0.717, 1.165) is 0 Å². The summed E-state index contributed by atoms with van der Waals surface area (Å²) in [6, 6.07) is 47.1. The van der Waals surface area contributed by atoms with Gasteiger partial charge in [-0.15, -0.1) is 11.3 Å². The molecule has 0 unspecified atom stereocenters. The van der Waals surface area contributed by atoms with Gasteiger partial charge in [-0.1, -0.05) is 142 Å². The maximum absolute atomic E-state index is 2.67. The van der Waals surface area contributed by atoms with Crippen LogP contribution in [0.4, 0.5) is 33.4 Å². The van der Waals surface area contributed by atoms with Crippen LogP contribution in [-0.4, -0.2) is 6.71 Å². The first kappa shape index (κ1) is 38.2. The third-order valence-corrected chi connectivity index (χ3v) is 15.1. The van der Waals surface area contributed by atoms with Gasteiger partial charge in [0.15, 0.2) is 0 Å². The van der Waals surface area contributed by atoms with Crippen molar-refractivity contribution in [1.82, 2.24) is 0 Å². The van der Waals surface area contributed by atoms with E-state index in [0.29, 0.717) is 0 Å². The lowest BCUT2D eigenvalue weighted by molar-refractivity contribution is 0.332. The lowest BCUT2D eigenvalue weighted by Crippen LogP contribution is -2.61. The number of hydrogen-bond acceptors (Lipinski definition) is 3. The number of anilines is 6. The Labute approximate surface area is 357 Å². The van der Waals surface area contributed by atoms with Crippen molar-refractivity contribution in [3.8, 4) is 11.1 Å². The molecule has 2 nitrogen and oxygen atoms in total. The Kier molecular flexibility index (Phi) is 8.39. The Morgan fingerprint density at radius 1 is 0.559 bits per heavy atom. The average Bonchev–Trinajstić information content (AvgIpc) is 3.58. The van der Waals surface area contributed by atoms with E-state index in [9.17, 15) is 0 Å². The summed E-state index contributed by atoms with van der Waals surface area (Å²) in [5.74, 6) is 0. The molecule has 1 aliphatic carbocycles. The van der Waals surface area contributed by atoms with E-state index in [1.54, 1.807) is 0 Å². The third kappa shape index (κ3) is 5.95. The van der Waals surface area contributed by atoms with Crippen LogP contribution >= 0.6 is 11.3 Å². The van der Waals surface area contributed by atoms with Crippen LogP contribution in [0.15, 0.2) is 121 Å². The van der Waals surface area contributed by atoms with Gasteiger partial charge in [0.25, 0.3) is 6.71 Å². The van der Waals surface area contributed by atoms with Gasteiger partial charge in [0.05, 0.1) is 10.7 Å². The van der Waals surface area contributed by atoms with Crippen molar-refractivity contribution in [3.05, 3.63) is 149 Å². The fourth-order valence-electron chi connectivity index (χ4n) is 10.3. The van der Waals surface area contributed by atoms with Gasteiger partial charge in [-0.25, -0.2) is 0 Å². The lowest BCUT2D eigenvalue weighted by Gasteiger charge is -2.47. The normalized spacial score (nSPS) is 16.4. The molecular formula is C55H57BN2S. The molecule has 7 aromatic rings. The molecule has 0 spiro atoms. The lowest BCUT2D eigenvalue weighted by atomic mass is 9.33. The number of aryl methyl sites for hydroxylation is 1. The highest BCUT2D eigenvalue weighted by Gasteiger charge is 2.48. The van der Waals surface area contributed by atoms with Crippen molar-refractivity contribution in [2.45, 2.75) is 111 Å². The summed E-state index contributed by atoms with van der Waals surface area (Å²) in [5.41, 5.74) is 20.3. The van der Waals surface area contributed by atoms with Crippen LogP contribution in [0, 0.1) is 6.92 Å². The van der Waals surface area contributed by atoms with Crippen molar-refractivity contribution in [2.75, 3.05) is 9.80 Å². The molecule has 0 atom stereocenters. The van der Waals surface area contributed by atoms with Crippen LogP contribution in [0.25, 0.3) is 21.2 Å². The summed E-state index contributed by atoms with van der Waals surface area (Å²) in [6.45, 7) is 26.1. The smallest absolute Gasteiger partial charge is 0.254 e. The molecule has 3 aliphatic rings. The van der Waals surface area contributed by atoms with E-state index in [4.69, 9.17) is 0 Å². The predicted octanol–water partition coefficient (Wildman–Crippen LogP) is 13.9. The summed E-state index contributed by atoms with van der Waals surface area (Å²) in [4.78, 5) is 5.27. The standard InChI is InChI=1S/C55H57BN2S/c1-34-29-46-50-47(30-34)58(44-26-23-37(53(5,6)7)31-40(44)35-17-13-12-14-18-35)51-49(39-19-15-16-20-48(39)59-51)56(50)43-32-41-42(55(10,11)28-27-54(41,8)9)33-45(43)57(46)38-24-21-36(22-25-38)52(2,3)4/h12-26,29-33H,27-28H2,1-11H3. The third-order valence-electron chi connectivity index (χ3n) is 13.9. The minimum atomic E-state index is 0.00849. The largest absolute Gasteiger partial charge is 0.311 e. The Bertz CT molecular complexity index is 2810. The highest BCUT2D eigenvalue weighted by atomic mass is 32.1. The average molecular weight is 789 g/mol.